The van der Waals surface area contributed by atoms with Crippen molar-refractivity contribution in [2.75, 3.05) is 6.67 Å². The molecule has 8 heteroatoms. The van der Waals surface area contributed by atoms with E-state index in [0.717, 1.165) is 16.5 Å². The van der Waals surface area contributed by atoms with Gasteiger partial charge in [-0.3, -0.25) is 14.0 Å². The topological polar surface area (TPSA) is 65.5 Å². The van der Waals surface area contributed by atoms with Gasteiger partial charge in [-0.05, 0) is 47.9 Å². The van der Waals surface area contributed by atoms with E-state index in [9.17, 15) is 14.0 Å². The Labute approximate surface area is 217 Å². The van der Waals surface area contributed by atoms with E-state index in [2.05, 4.69) is 10.1 Å². The molecule has 0 saturated carbocycles. The molecule has 0 bridgehead atoms. The standard InChI is InChI=1S/C28H22Cl2FN3O2/c29-19-10-8-17(9-11-19)24-16-23(33-34(24)25(35)7-4-14-31)27-26(18-5-2-1-3-6-18)21-15-20(30)12-13-22(21)32-28(27)36/h1-3,5-6,8-13,15,24H,4,7,14,16H2,(H,32,36). The lowest BCUT2D eigenvalue weighted by Crippen LogP contribution is -2.26. The molecule has 1 aliphatic rings. The van der Waals surface area contributed by atoms with Crippen LogP contribution in [0.3, 0.4) is 0 Å². The molecule has 2 heterocycles. The maximum Gasteiger partial charge on any atom is 0.258 e. The monoisotopic (exact) mass is 521 g/mol. The second-order valence-corrected chi connectivity index (χ2v) is 9.48. The number of carbonyl (C=O) groups excluding carboxylic acids is 1. The summed E-state index contributed by atoms with van der Waals surface area (Å²) >= 11 is 12.4. The molecule has 5 rings (SSSR count). The van der Waals surface area contributed by atoms with Crippen molar-refractivity contribution in [1.82, 2.24) is 9.99 Å². The van der Waals surface area contributed by atoms with Crippen LogP contribution in [0.5, 0.6) is 0 Å². The molecule has 0 aliphatic carbocycles. The van der Waals surface area contributed by atoms with Crippen LogP contribution in [-0.4, -0.2) is 28.3 Å². The average Bonchev–Trinajstić information content (AvgIpc) is 3.33. The number of alkyl halides is 1. The van der Waals surface area contributed by atoms with Crippen LogP contribution in [-0.2, 0) is 4.79 Å². The van der Waals surface area contributed by atoms with Crippen molar-refractivity contribution in [2.45, 2.75) is 25.3 Å². The van der Waals surface area contributed by atoms with Crippen LogP contribution < -0.4 is 5.56 Å². The fraction of sp³-hybridized carbons (Fsp3) is 0.179. The third-order valence-corrected chi connectivity index (χ3v) is 6.76. The van der Waals surface area contributed by atoms with Gasteiger partial charge < -0.3 is 4.98 Å². The van der Waals surface area contributed by atoms with Gasteiger partial charge in [0.25, 0.3) is 5.56 Å². The summed E-state index contributed by atoms with van der Waals surface area (Å²) in [6.45, 7) is -0.592. The predicted octanol–water partition coefficient (Wildman–Crippen LogP) is 6.93. The summed E-state index contributed by atoms with van der Waals surface area (Å²) in [5.74, 6) is -0.302. The number of fused-ring (bicyclic) bond motifs is 1. The predicted molar refractivity (Wildman–Crippen MR) is 142 cm³/mol. The summed E-state index contributed by atoms with van der Waals surface area (Å²) in [5.41, 5.74) is 3.56. The number of benzene rings is 3. The molecule has 1 aromatic heterocycles. The number of hydrazone groups is 1. The lowest BCUT2D eigenvalue weighted by atomic mass is 9.91. The Bertz CT molecular complexity index is 1520. The van der Waals surface area contributed by atoms with E-state index in [4.69, 9.17) is 23.2 Å². The first-order valence-electron chi connectivity index (χ1n) is 11.6. The van der Waals surface area contributed by atoms with Crippen molar-refractivity contribution in [2.24, 2.45) is 5.10 Å². The minimum Gasteiger partial charge on any atom is -0.321 e. The minimum atomic E-state index is -0.592. The molecule has 5 nitrogen and oxygen atoms in total. The molecule has 1 atom stereocenters. The van der Waals surface area contributed by atoms with E-state index in [0.29, 0.717) is 38.8 Å². The van der Waals surface area contributed by atoms with Crippen molar-refractivity contribution in [3.63, 3.8) is 0 Å². The normalized spacial score (nSPS) is 15.4. The Morgan fingerprint density at radius 3 is 2.44 bits per heavy atom. The van der Waals surface area contributed by atoms with Crippen molar-refractivity contribution >= 4 is 45.7 Å². The SMILES string of the molecule is O=C(CCCF)N1N=C(c2c(-c3ccccc3)c3cc(Cl)ccc3[nH]c2=O)CC1c1ccc(Cl)cc1. The lowest BCUT2D eigenvalue weighted by molar-refractivity contribution is -0.133. The number of nitrogens with one attached hydrogen (secondary N) is 1. The number of amides is 1. The zero-order valence-corrected chi connectivity index (χ0v) is 20.7. The zero-order valence-electron chi connectivity index (χ0n) is 19.2. The Balaban J connectivity index is 1.70. The Hall–Kier alpha value is -3.48. The molecule has 4 aromatic rings. The first-order chi connectivity index (χ1) is 17.5. The van der Waals surface area contributed by atoms with Crippen molar-refractivity contribution < 1.29 is 9.18 Å². The zero-order chi connectivity index (χ0) is 25.2. The highest BCUT2D eigenvalue weighted by molar-refractivity contribution is 6.31. The van der Waals surface area contributed by atoms with Gasteiger partial charge >= 0.3 is 0 Å². The number of nitrogens with zero attached hydrogens (tertiary/aromatic N) is 2. The fourth-order valence-corrected chi connectivity index (χ4v) is 4.91. The maximum atomic E-state index is 13.5. The van der Waals surface area contributed by atoms with E-state index in [-0.39, 0.29) is 24.3 Å². The largest absolute Gasteiger partial charge is 0.321 e. The molecular weight excluding hydrogens is 500 g/mol. The molecule has 0 radical (unpaired) electrons. The smallest absolute Gasteiger partial charge is 0.258 e. The lowest BCUT2D eigenvalue weighted by Gasteiger charge is -2.22. The van der Waals surface area contributed by atoms with Gasteiger partial charge in [0.15, 0.2) is 0 Å². The number of carbonyl (C=O) groups is 1. The molecule has 1 unspecified atom stereocenters. The van der Waals surface area contributed by atoms with E-state index in [1.54, 1.807) is 24.3 Å². The fourth-order valence-electron chi connectivity index (χ4n) is 4.61. The molecule has 0 spiro atoms. The van der Waals surface area contributed by atoms with Crippen LogP contribution in [0.4, 0.5) is 4.39 Å². The quantitative estimate of drug-likeness (QED) is 0.299. The number of hydrogen-bond acceptors (Lipinski definition) is 3. The third kappa shape index (κ3) is 4.66. The number of aromatic nitrogens is 1. The second kappa shape index (κ2) is 10.2. The van der Waals surface area contributed by atoms with E-state index < -0.39 is 12.7 Å². The first-order valence-corrected chi connectivity index (χ1v) is 12.3. The van der Waals surface area contributed by atoms with Gasteiger partial charge in [-0.1, -0.05) is 65.7 Å². The Kier molecular flexibility index (Phi) is 6.90. The van der Waals surface area contributed by atoms with Crippen molar-refractivity contribution in [3.05, 3.63) is 104 Å². The van der Waals surface area contributed by atoms with Gasteiger partial charge in [0, 0.05) is 39.4 Å². The molecular formula is C28H22Cl2FN3O2. The number of halogens is 3. The summed E-state index contributed by atoms with van der Waals surface area (Å²) in [6, 6.07) is 21.6. The number of H-pyrrole nitrogens is 1. The van der Waals surface area contributed by atoms with Gasteiger partial charge in [-0.2, -0.15) is 5.10 Å². The molecule has 3 aromatic carbocycles. The highest BCUT2D eigenvalue weighted by atomic mass is 35.5. The first kappa shape index (κ1) is 24.2. The summed E-state index contributed by atoms with van der Waals surface area (Å²) in [6.07, 6.45) is 0.447. The van der Waals surface area contributed by atoms with Crippen LogP contribution in [0.2, 0.25) is 10.0 Å². The number of aromatic amines is 1. The third-order valence-electron chi connectivity index (χ3n) is 6.27. The number of rotatable bonds is 6. The van der Waals surface area contributed by atoms with Crippen LogP contribution in [0.25, 0.3) is 22.0 Å². The molecule has 36 heavy (non-hydrogen) atoms. The van der Waals surface area contributed by atoms with E-state index >= 15 is 0 Å². The molecule has 0 fully saturated rings. The van der Waals surface area contributed by atoms with E-state index in [1.165, 1.54) is 5.01 Å². The highest BCUT2D eigenvalue weighted by Crippen LogP contribution is 2.38. The van der Waals surface area contributed by atoms with Crippen LogP contribution in [0.1, 0.15) is 36.4 Å². The van der Waals surface area contributed by atoms with Crippen LogP contribution in [0, 0.1) is 0 Å². The van der Waals surface area contributed by atoms with Crippen LogP contribution in [0.15, 0.2) is 82.7 Å². The summed E-state index contributed by atoms with van der Waals surface area (Å²) in [5, 5.41) is 7.92. The summed E-state index contributed by atoms with van der Waals surface area (Å²) in [4.78, 5) is 29.5. The number of hydrogen-bond donors (Lipinski definition) is 1. The summed E-state index contributed by atoms with van der Waals surface area (Å²) < 4.78 is 12.8. The minimum absolute atomic E-state index is 0.0204. The maximum absolute atomic E-state index is 13.5. The van der Waals surface area contributed by atoms with Crippen molar-refractivity contribution in [1.29, 1.82) is 0 Å². The summed E-state index contributed by atoms with van der Waals surface area (Å²) in [7, 11) is 0. The molecule has 182 valence electrons. The second-order valence-electron chi connectivity index (χ2n) is 8.61. The van der Waals surface area contributed by atoms with Gasteiger partial charge in [0.1, 0.15) is 0 Å². The van der Waals surface area contributed by atoms with Gasteiger partial charge in [0.05, 0.1) is 24.0 Å². The number of pyridine rings is 1. The van der Waals surface area contributed by atoms with Gasteiger partial charge in [-0.25, -0.2) is 5.01 Å². The highest BCUT2D eigenvalue weighted by Gasteiger charge is 2.35. The molecule has 0 saturated heterocycles. The average molecular weight is 522 g/mol. The van der Waals surface area contributed by atoms with E-state index in [1.807, 2.05) is 48.5 Å². The molecule has 1 amide bonds. The molecule has 1 aliphatic heterocycles. The van der Waals surface area contributed by atoms with Crippen LogP contribution >= 0.6 is 23.2 Å². The Morgan fingerprint density at radius 2 is 1.72 bits per heavy atom. The Morgan fingerprint density at radius 1 is 1.00 bits per heavy atom. The van der Waals surface area contributed by atoms with Gasteiger partial charge in [-0.15, -0.1) is 0 Å². The van der Waals surface area contributed by atoms with Gasteiger partial charge in [0.2, 0.25) is 5.91 Å². The molecule has 1 N–H and O–H groups in total. The van der Waals surface area contributed by atoms with Crippen molar-refractivity contribution in [3.8, 4) is 11.1 Å².